The van der Waals surface area contributed by atoms with Crippen molar-refractivity contribution in [3.63, 3.8) is 0 Å². The third kappa shape index (κ3) is 33.9. The quantitative estimate of drug-likeness (QED) is 0.0817. The van der Waals surface area contributed by atoms with Crippen LogP contribution < -0.4 is 0 Å². The fourth-order valence-corrected chi connectivity index (χ4v) is 5.44. The molecule has 0 amide bonds. The highest BCUT2D eigenvalue weighted by molar-refractivity contribution is 4.52. The molecule has 0 aromatic heterocycles. The van der Waals surface area contributed by atoms with Gasteiger partial charge in [-0.15, -0.1) is 0 Å². The van der Waals surface area contributed by atoms with Crippen LogP contribution in [0.3, 0.4) is 0 Å². The first-order valence-electron chi connectivity index (χ1n) is 16.9. The van der Waals surface area contributed by atoms with E-state index in [0.717, 1.165) is 13.2 Å². The first-order chi connectivity index (χ1) is 17.9. The summed E-state index contributed by atoms with van der Waals surface area (Å²) < 4.78 is 10.2. The number of hydrogen-bond acceptors (Lipinski definition) is 2. The lowest BCUT2D eigenvalue weighted by Gasteiger charge is -2.05. The molecule has 0 N–H and O–H groups in total. The Bertz CT molecular complexity index is 323. The zero-order chi connectivity index (χ0) is 26.0. The summed E-state index contributed by atoms with van der Waals surface area (Å²) in [6.45, 7) is 1.88. The molecule has 0 aliphatic rings. The molecule has 0 unspecified atom stereocenters. The van der Waals surface area contributed by atoms with Gasteiger partial charge in [-0.3, -0.25) is 0 Å². The summed E-state index contributed by atoms with van der Waals surface area (Å²) in [5.74, 6) is 0. The molecule has 0 aromatic carbocycles. The second kappa shape index (κ2) is 34.9. The molecule has 0 fully saturated rings. The topological polar surface area (TPSA) is 18.5 Å². The number of hydrogen-bond donors (Lipinski definition) is 0. The number of ether oxygens (including phenoxy) is 2. The predicted molar refractivity (Wildman–Crippen MR) is 162 cm³/mol. The van der Waals surface area contributed by atoms with E-state index < -0.39 is 0 Å². The van der Waals surface area contributed by atoms with E-state index in [2.05, 4.69) is 0 Å². The maximum Gasteiger partial charge on any atom is 0.0462 e. The van der Waals surface area contributed by atoms with E-state index in [-0.39, 0.29) is 0 Å². The second-order valence-electron chi connectivity index (χ2n) is 11.6. The van der Waals surface area contributed by atoms with Gasteiger partial charge < -0.3 is 9.47 Å². The van der Waals surface area contributed by atoms with Crippen LogP contribution >= 0.6 is 0 Å². The normalized spacial score (nSPS) is 11.5. The predicted octanol–water partition coefficient (Wildman–Crippen LogP) is 12.0. The first kappa shape index (κ1) is 35.9. The van der Waals surface area contributed by atoms with Gasteiger partial charge in [0, 0.05) is 27.4 Å². The molecule has 0 atom stereocenters. The molecule has 0 bridgehead atoms. The highest BCUT2D eigenvalue weighted by atomic mass is 16.5. The Morgan fingerprint density at radius 2 is 0.306 bits per heavy atom. The average Bonchev–Trinajstić information content (AvgIpc) is 2.89. The Morgan fingerprint density at radius 1 is 0.194 bits per heavy atom. The average molecular weight is 511 g/mol. The third-order valence-corrected chi connectivity index (χ3v) is 7.95. The van der Waals surface area contributed by atoms with Crippen LogP contribution in [0.4, 0.5) is 0 Å². The minimum atomic E-state index is 0.942. The molecule has 0 heterocycles. The smallest absolute Gasteiger partial charge is 0.0462 e. The van der Waals surface area contributed by atoms with Gasteiger partial charge in [-0.2, -0.15) is 0 Å². The molecule has 0 saturated carbocycles. The summed E-state index contributed by atoms with van der Waals surface area (Å²) >= 11 is 0. The highest BCUT2D eigenvalue weighted by Crippen LogP contribution is 2.16. The lowest BCUT2D eigenvalue weighted by molar-refractivity contribution is 0.192. The largest absolute Gasteiger partial charge is 0.385 e. The lowest BCUT2D eigenvalue weighted by atomic mass is 10.0. The summed E-state index contributed by atoms with van der Waals surface area (Å²) in [6, 6.07) is 0. The van der Waals surface area contributed by atoms with Crippen molar-refractivity contribution in [3.05, 3.63) is 0 Å². The van der Waals surface area contributed by atoms with Crippen LogP contribution in [-0.4, -0.2) is 27.4 Å². The third-order valence-electron chi connectivity index (χ3n) is 7.95. The van der Waals surface area contributed by atoms with Crippen LogP contribution in [0.25, 0.3) is 0 Å². The van der Waals surface area contributed by atoms with E-state index in [1.54, 1.807) is 14.2 Å². The van der Waals surface area contributed by atoms with Crippen LogP contribution in [0.15, 0.2) is 0 Å². The SMILES string of the molecule is COCCCCCCCCCCCCCCCCCCCCCCCCCCCCCCCCOC. The molecule has 36 heavy (non-hydrogen) atoms. The number of methoxy groups -OCH3 is 2. The van der Waals surface area contributed by atoms with Crippen molar-refractivity contribution >= 4 is 0 Å². The van der Waals surface area contributed by atoms with Crippen LogP contribution in [0.5, 0.6) is 0 Å². The molecule has 0 aromatic rings. The number of rotatable bonds is 33. The molecule has 2 nitrogen and oxygen atoms in total. The fraction of sp³-hybridized carbons (Fsp3) is 1.00. The molecule has 218 valence electrons. The maximum absolute atomic E-state index is 5.11. The summed E-state index contributed by atoms with van der Waals surface area (Å²) in [5, 5.41) is 0. The van der Waals surface area contributed by atoms with Gasteiger partial charge in [0.15, 0.2) is 0 Å². The Hall–Kier alpha value is -0.0800. The fourth-order valence-electron chi connectivity index (χ4n) is 5.44. The molecule has 0 rings (SSSR count). The molecule has 0 aliphatic heterocycles. The summed E-state index contributed by atoms with van der Waals surface area (Å²) in [5.41, 5.74) is 0. The summed E-state index contributed by atoms with van der Waals surface area (Å²) in [4.78, 5) is 0. The Morgan fingerprint density at radius 3 is 0.417 bits per heavy atom. The van der Waals surface area contributed by atoms with Gasteiger partial charge in [-0.25, -0.2) is 0 Å². The molecular formula is C34H70O2. The van der Waals surface area contributed by atoms with Crippen molar-refractivity contribution in [2.45, 2.75) is 193 Å². The number of unbranched alkanes of at least 4 members (excludes halogenated alkanes) is 29. The Kier molecular flexibility index (Phi) is 34.8. The van der Waals surface area contributed by atoms with E-state index in [0.29, 0.717) is 0 Å². The minimum Gasteiger partial charge on any atom is -0.385 e. The van der Waals surface area contributed by atoms with E-state index in [1.807, 2.05) is 0 Å². The molecule has 2 heteroatoms. The molecule has 0 aliphatic carbocycles. The van der Waals surface area contributed by atoms with Gasteiger partial charge in [0.2, 0.25) is 0 Å². The van der Waals surface area contributed by atoms with Crippen LogP contribution in [0, 0.1) is 0 Å². The van der Waals surface area contributed by atoms with Crippen molar-refractivity contribution in [1.29, 1.82) is 0 Å². The Labute approximate surface area is 229 Å². The standard InChI is InChI=1S/C34H70O2/c1-35-33-31-29-27-25-23-21-19-17-15-13-11-9-7-5-3-4-6-8-10-12-14-16-18-20-22-24-26-28-30-32-34-36-2/h3-34H2,1-2H3. The van der Waals surface area contributed by atoms with E-state index in [4.69, 9.17) is 9.47 Å². The first-order valence-corrected chi connectivity index (χ1v) is 16.9. The molecule has 0 radical (unpaired) electrons. The minimum absolute atomic E-state index is 0.942. The van der Waals surface area contributed by atoms with E-state index >= 15 is 0 Å². The van der Waals surface area contributed by atoms with Gasteiger partial charge >= 0.3 is 0 Å². The second-order valence-corrected chi connectivity index (χ2v) is 11.6. The van der Waals surface area contributed by atoms with Gasteiger partial charge in [0.1, 0.15) is 0 Å². The zero-order valence-electron chi connectivity index (χ0n) is 25.4. The van der Waals surface area contributed by atoms with Gasteiger partial charge in [-0.1, -0.05) is 180 Å². The molecule has 0 spiro atoms. The molecule has 0 saturated heterocycles. The van der Waals surface area contributed by atoms with Crippen molar-refractivity contribution in [2.24, 2.45) is 0 Å². The van der Waals surface area contributed by atoms with Crippen molar-refractivity contribution in [2.75, 3.05) is 27.4 Å². The summed E-state index contributed by atoms with van der Waals surface area (Å²) in [7, 11) is 3.61. The van der Waals surface area contributed by atoms with Crippen LogP contribution in [0.1, 0.15) is 193 Å². The monoisotopic (exact) mass is 511 g/mol. The van der Waals surface area contributed by atoms with Crippen LogP contribution in [-0.2, 0) is 9.47 Å². The maximum atomic E-state index is 5.11. The van der Waals surface area contributed by atoms with Crippen molar-refractivity contribution < 1.29 is 9.47 Å². The Balaban J connectivity index is 3.00. The van der Waals surface area contributed by atoms with Gasteiger partial charge in [0.25, 0.3) is 0 Å². The molecular weight excluding hydrogens is 440 g/mol. The zero-order valence-corrected chi connectivity index (χ0v) is 25.4. The lowest BCUT2D eigenvalue weighted by Crippen LogP contribution is -1.88. The van der Waals surface area contributed by atoms with E-state index in [1.165, 1.54) is 193 Å². The summed E-state index contributed by atoms with van der Waals surface area (Å²) in [6.07, 6.45) is 43.3. The van der Waals surface area contributed by atoms with Gasteiger partial charge in [-0.05, 0) is 12.8 Å². The highest BCUT2D eigenvalue weighted by Gasteiger charge is 1.97. The van der Waals surface area contributed by atoms with Gasteiger partial charge in [0.05, 0.1) is 0 Å². The van der Waals surface area contributed by atoms with Crippen molar-refractivity contribution in [1.82, 2.24) is 0 Å². The van der Waals surface area contributed by atoms with Crippen LogP contribution in [0.2, 0.25) is 0 Å². The van der Waals surface area contributed by atoms with E-state index in [9.17, 15) is 0 Å². The van der Waals surface area contributed by atoms with Crippen molar-refractivity contribution in [3.8, 4) is 0 Å².